The van der Waals surface area contributed by atoms with Gasteiger partial charge in [-0.1, -0.05) is 5.92 Å². The van der Waals surface area contributed by atoms with Crippen molar-refractivity contribution in [1.29, 1.82) is 0 Å². The minimum absolute atomic E-state index is 0.0352. The molecule has 0 aliphatic carbocycles. The molecule has 1 aliphatic rings. The number of aromatic nitrogens is 4. The van der Waals surface area contributed by atoms with Crippen molar-refractivity contribution in [3.8, 4) is 12.3 Å². The zero-order chi connectivity index (χ0) is 16.1. The Bertz CT molecular complexity index is 775. The average molecular weight is 309 g/mol. The van der Waals surface area contributed by atoms with Gasteiger partial charge < -0.3 is 25.8 Å². The van der Waals surface area contributed by atoms with Crippen LogP contribution in [0.15, 0.2) is 6.33 Å². The number of hydrogen-bond acceptors (Lipinski definition) is 8. The molecule has 9 nitrogen and oxygen atoms in total. The minimum atomic E-state index is -2.10. The van der Waals surface area contributed by atoms with Crippen molar-refractivity contribution in [3.05, 3.63) is 12.4 Å². The van der Waals surface area contributed by atoms with Gasteiger partial charge in [0.05, 0.1) is 12.9 Å². The molecule has 0 radical (unpaired) electrons. The predicted octanol–water partition coefficient (Wildman–Crippen LogP) is -1.84. The maximum atomic E-state index is 13.3. The van der Waals surface area contributed by atoms with E-state index in [0.29, 0.717) is 0 Å². The molecule has 0 bridgehead atoms. The fourth-order valence-electron chi connectivity index (χ4n) is 2.43. The number of hydrogen-bond donors (Lipinski definition) is 4. The van der Waals surface area contributed by atoms with Crippen molar-refractivity contribution in [1.82, 2.24) is 19.5 Å². The number of ether oxygens (including phenoxy) is 1. The SMILES string of the molecule is C#C[C@@]1(O)[C@@H](CO)O[C@@H](n2cnc3c(N)nc(F)nc32)[C@@H]1O. The number of aliphatic hydroxyl groups excluding tert-OH is 2. The third-order valence-corrected chi connectivity index (χ3v) is 3.61. The van der Waals surface area contributed by atoms with Gasteiger partial charge in [0.1, 0.15) is 12.2 Å². The van der Waals surface area contributed by atoms with Crippen LogP contribution in [0.1, 0.15) is 6.23 Å². The summed E-state index contributed by atoms with van der Waals surface area (Å²) >= 11 is 0. The van der Waals surface area contributed by atoms with E-state index in [1.807, 2.05) is 5.92 Å². The van der Waals surface area contributed by atoms with E-state index in [9.17, 15) is 19.7 Å². The Hall–Kier alpha value is -2.32. The molecule has 5 N–H and O–H groups in total. The summed E-state index contributed by atoms with van der Waals surface area (Å²) in [4.78, 5) is 10.8. The van der Waals surface area contributed by atoms with Crippen LogP contribution in [0.25, 0.3) is 11.2 Å². The second-order valence-electron chi connectivity index (χ2n) is 4.81. The third kappa shape index (κ3) is 1.84. The van der Waals surface area contributed by atoms with Crippen LogP contribution in [-0.4, -0.2) is 59.3 Å². The normalized spacial score (nSPS) is 31.5. The Morgan fingerprint density at radius 1 is 1.55 bits per heavy atom. The Kier molecular flexibility index (Phi) is 3.22. The van der Waals surface area contributed by atoms with Crippen LogP contribution in [0.4, 0.5) is 10.2 Å². The van der Waals surface area contributed by atoms with Gasteiger partial charge in [-0.05, 0) is 0 Å². The predicted molar refractivity (Wildman–Crippen MR) is 70.5 cm³/mol. The van der Waals surface area contributed by atoms with E-state index in [0.717, 1.165) is 0 Å². The number of halogens is 1. The Balaban J connectivity index is 2.11. The molecule has 0 saturated carbocycles. The van der Waals surface area contributed by atoms with Crippen LogP contribution in [0, 0.1) is 18.4 Å². The molecule has 10 heteroatoms. The van der Waals surface area contributed by atoms with Gasteiger partial charge in [0.25, 0.3) is 0 Å². The number of terminal acetylenes is 1. The van der Waals surface area contributed by atoms with E-state index < -0.39 is 36.7 Å². The Morgan fingerprint density at radius 3 is 2.86 bits per heavy atom. The monoisotopic (exact) mass is 309 g/mol. The number of nitrogens with zero attached hydrogens (tertiary/aromatic N) is 4. The van der Waals surface area contributed by atoms with E-state index in [1.165, 1.54) is 10.9 Å². The summed E-state index contributed by atoms with van der Waals surface area (Å²) < 4.78 is 19.9. The van der Waals surface area contributed by atoms with Crippen LogP contribution >= 0.6 is 0 Å². The van der Waals surface area contributed by atoms with E-state index in [-0.39, 0.29) is 17.0 Å². The van der Waals surface area contributed by atoms with Gasteiger partial charge >= 0.3 is 6.08 Å². The number of nitrogens with two attached hydrogens (primary N) is 1. The highest BCUT2D eigenvalue weighted by Crippen LogP contribution is 2.38. The summed E-state index contributed by atoms with van der Waals surface area (Å²) in [5.41, 5.74) is 3.51. The molecule has 0 unspecified atom stereocenters. The van der Waals surface area contributed by atoms with Crippen LogP contribution < -0.4 is 5.73 Å². The molecule has 116 valence electrons. The van der Waals surface area contributed by atoms with Crippen LogP contribution in [0.2, 0.25) is 0 Å². The lowest BCUT2D eigenvalue weighted by Crippen LogP contribution is -2.47. The number of fused-ring (bicyclic) bond motifs is 1. The van der Waals surface area contributed by atoms with E-state index in [2.05, 4.69) is 15.0 Å². The van der Waals surface area contributed by atoms with Crippen molar-refractivity contribution in [2.75, 3.05) is 12.3 Å². The molecular weight excluding hydrogens is 297 g/mol. The zero-order valence-corrected chi connectivity index (χ0v) is 11.1. The first-order chi connectivity index (χ1) is 10.4. The second-order valence-corrected chi connectivity index (χ2v) is 4.81. The smallest absolute Gasteiger partial charge is 0.312 e. The topological polar surface area (TPSA) is 140 Å². The molecule has 4 atom stereocenters. The highest BCUT2D eigenvalue weighted by atomic mass is 19.1. The first-order valence-corrected chi connectivity index (χ1v) is 6.22. The van der Waals surface area contributed by atoms with Crippen molar-refractivity contribution in [2.24, 2.45) is 0 Å². The molecule has 0 spiro atoms. The van der Waals surface area contributed by atoms with Gasteiger partial charge in [0.2, 0.25) is 0 Å². The van der Waals surface area contributed by atoms with E-state index >= 15 is 0 Å². The van der Waals surface area contributed by atoms with Gasteiger partial charge in [-0.3, -0.25) is 4.57 Å². The third-order valence-electron chi connectivity index (χ3n) is 3.61. The van der Waals surface area contributed by atoms with E-state index in [4.69, 9.17) is 16.9 Å². The molecule has 2 aromatic heterocycles. The number of rotatable bonds is 2. The molecule has 0 aromatic carbocycles. The standard InChI is InChI=1S/C12H12FN5O4/c1-2-12(21)5(3-19)22-10(7(12)20)18-4-15-6-8(14)16-11(13)17-9(6)18/h1,4-5,7,10,19-21H,3H2,(H2,14,16,17)/t5-,7+,10-,12-/m1/s1. The maximum Gasteiger partial charge on any atom is 0.312 e. The molecular formula is C12H12FN5O4. The summed E-state index contributed by atoms with van der Waals surface area (Å²) in [5, 5.41) is 29.7. The number of imidazole rings is 1. The fraction of sp³-hybridized carbons (Fsp3) is 0.417. The molecule has 0 amide bonds. The molecule has 1 aliphatic heterocycles. The number of aliphatic hydroxyl groups is 3. The molecule has 22 heavy (non-hydrogen) atoms. The van der Waals surface area contributed by atoms with Crippen LogP contribution in [0.3, 0.4) is 0 Å². The average Bonchev–Trinajstić information content (AvgIpc) is 3.00. The van der Waals surface area contributed by atoms with Crippen molar-refractivity contribution in [2.45, 2.75) is 24.0 Å². The molecule has 2 aromatic rings. The van der Waals surface area contributed by atoms with Gasteiger partial charge in [0, 0.05) is 0 Å². The summed E-state index contributed by atoms with van der Waals surface area (Å²) in [6, 6.07) is 0. The lowest BCUT2D eigenvalue weighted by molar-refractivity contribution is -0.0606. The first-order valence-electron chi connectivity index (χ1n) is 6.22. The second kappa shape index (κ2) is 4.85. The van der Waals surface area contributed by atoms with Gasteiger partial charge in [-0.25, -0.2) is 4.98 Å². The minimum Gasteiger partial charge on any atom is -0.394 e. The Morgan fingerprint density at radius 2 is 2.27 bits per heavy atom. The van der Waals surface area contributed by atoms with Crippen molar-refractivity contribution in [3.63, 3.8) is 0 Å². The lowest BCUT2D eigenvalue weighted by Gasteiger charge is -2.23. The molecule has 1 fully saturated rings. The lowest BCUT2D eigenvalue weighted by atomic mass is 9.93. The fourth-order valence-corrected chi connectivity index (χ4v) is 2.43. The van der Waals surface area contributed by atoms with Crippen molar-refractivity contribution < 1.29 is 24.4 Å². The summed E-state index contributed by atoms with van der Waals surface area (Å²) in [5.74, 6) is 1.83. The van der Waals surface area contributed by atoms with Crippen molar-refractivity contribution >= 4 is 17.0 Å². The zero-order valence-electron chi connectivity index (χ0n) is 11.1. The number of nitrogen functional groups attached to an aromatic ring is 1. The van der Waals surface area contributed by atoms with Crippen LogP contribution in [0.5, 0.6) is 0 Å². The van der Waals surface area contributed by atoms with Gasteiger partial charge in [-0.15, -0.1) is 6.42 Å². The quantitative estimate of drug-likeness (QED) is 0.375. The van der Waals surface area contributed by atoms with Crippen LogP contribution in [-0.2, 0) is 4.74 Å². The van der Waals surface area contributed by atoms with Gasteiger partial charge in [0.15, 0.2) is 28.8 Å². The maximum absolute atomic E-state index is 13.3. The summed E-state index contributed by atoms with van der Waals surface area (Å²) in [6.07, 6.45) is 1.30. The van der Waals surface area contributed by atoms with Gasteiger partial charge in [-0.2, -0.15) is 14.4 Å². The Labute approximate surface area is 123 Å². The first kappa shape index (κ1) is 14.6. The molecule has 3 heterocycles. The number of anilines is 1. The summed E-state index contributed by atoms with van der Waals surface area (Å²) in [7, 11) is 0. The largest absolute Gasteiger partial charge is 0.394 e. The molecule has 3 rings (SSSR count). The highest BCUT2D eigenvalue weighted by molar-refractivity contribution is 5.81. The van der Waals surface area contributed by atoms with E-state index in [1.54, 1.807) is 0 Å². The summed E-state index contributed by atoms with van der Waals surface area (Å²) in [6.45, 7) is -0.619. The highest BCUT2D eigenvalue weighted by Gasteiger charge is 2.55. The molecule has 1 saturated heterocycles.